The maximum atomic E-state index is 13.2. The highest BCUT2D eigenvalue weighted by Crippen LogP contribution is 2.25. The van der Waals surface area contributed by atoms with Crippen molar-refractivity contribution in [2.45, 2.75) is 18.6 Å². The molecule has 2 aromatic heterocycles. The van der Waals surface area contributed by atoms with Crippen LogP contribution in [0.5, 0.6) is 0 Å². The normalized spacial score (nSPS) is 11.1. The van der Waals surface area contributed by atoms with E-state index in [2.05, 4.69) is 10.3 Å². The van der Waals surface area contributed by atoms with Crippen LogP contribution < -0.4 is 10.9 Å². The van der Waals surface area contributed by atoms with Gasteiger partial charge >= 0.3 is 5.97 Å². The van der Waals surface area contributed by atoms with Gasteiger partial charge in [-0.3, -0.25) is 14.2 Å². The molecule has 0 aliphatic rings. The van der Waals surface area contributed by atoms with Gasteiger partial charge in [0.15, 0.2) is 5.16 Å². The Balaban J connectivity index is 1.60. The predicted octanol–water partition coefficient (Wildman–Crippen LogP) is 3.43. The summed E-state index contributed by atoms with van der Waals surface area (Å²) in [7, 11) is 1.56. The van der Waals surface area contributed by atoms with Crippen molar-refractivity contribution in [1.29, 1.82) is 0 Å². The number of benzene rings is 2. The van der Waals surface area contributed by atoms with Crippen LogP contribution in [0.15, 0.2) is 58.5 Å². The lowest BCUT2D eigenvalue weighted by atomic mass is 10.2. The fourth-order valence-electron chi connectivity index (χ4n) is 3.56. The second-order valence-electron chi connectivity index (χ2n) is 7.34. The van der Waals surface area contributed by atoms with Gasteiger partial charge in [-0.25, -0.2) is 9.78 Å². The van der Waals surface area contributed by atoms with Gasteiger partial charge in [-0.15, -0.1) is 0 Å². The number of nitrogens with zero attached hydrogens (tertiary/aromatic N) is 2. The molecule has 34 heavy (non-hydrogen) atoms. The van der Waals surface area contributed by atoms with Gasteiger partial charge in [0.2, 0.25) is 5.91 Å². The predicted molar refractivity (Wildman–Crippen MR) is 131 cm³/mol. The van der Waals surface area contributed by atoms with Crippen LogP contribution in [0.4, 0.5) is 5.69 Å². The SMILES string of the molecule is CCOC(=O)c1ccccc1NC(=O)CSc1nc2c([nH]c3ccccc32)c(=O)n1CCOC. The van der Waals surface area contributed by atoms with Crippen molar-refractivity contribution in [3.8, 4) is 0 Å². The van der Waals surface area contributed by atoms with Gasteiger partial charge < -0.3 is 19.8 Å². The Bertz CT molecular complexity index is 1410. The van der Waals surface area contributed by atoms with Crippen LogP contribution in [-0.4, -0.2) is 52.5 Å². The highest BCUT2D eigenvalue weighted by atomic mass is 32.2. The number of esters is 1. The molecule has 9 nitrogen and oxygen atoms in total. The minimum Gasteiger partial charge on any atom is -0.462 e. The summed E-state index contributed by atoms with van der Waals surface area (Å²) in [5.41, 5.74) is 2.20. The number of carbonyl (C=O) groups excluding carboxylic acids is 2. The molecule has 0 fully saturated rings. The van der Waals surface area contributed by atoms with Gasteiger partial charge in [-0.1, -0.05) is 42.1 Å². The number of carbonyl (C=O) groups is 2. The standard InChI is InChI=1S/C24H24N4O5S/c1-3-33-23(31)16-9-5-7-11-18(16)25-19(29)14-34-24-27-20-15-8-4-6-10-17(15)26-21(20)22(30)28(24)12-13-32-2/h4-11,26H,3,12-14H2,1-2H3,(H,25,29). The van der Waals surface area contributed by atoms with Crippen LogP contribution in [0.25, 0.3) is 21.9 Å². The summed E-state index contributed by atoms with van der Waals surface area (Å²) in [5.74, 6) is -0.857. The van der Waals surface area contributed by atoms with E-state index in [0.717, 1.165) is 22.7 Å². The second-order valence-corrected chi connectivity index (χ2v) is 8.28. The van der Waals surface area contributed by atoms with Crippen LogP contribution in [0, 0.1) is 0 Å². The lowest BCUT2D eigenvalue weighted by Gasteiger charge is -2.12. The number of rotatable bonds is 9. The van der Waals surface area contributed by atoms with Gasteiger partial charge in [0, 0.05) is 18.0 Å². The minimum absolute atomic E-state index is 0.00948. The Hall–Kier alpha value is -3.63. The third-order valence-corrected chi connectivity index (χ3v) is 6.10. The van der Waals surface area contributed by atoms with E-state index in [1.165, 1.54) is 4.57 Å². The van der Waals surface area contributed by atoms with Gasteiger partial charge in [0.25, 0.3) is 5.56 Å². The quantitative estimate of drug-likeness (QED) is 0.214. The van der Waals surface area contributed by atoms with Crippen molar-refractivity contribution in [3.63, 3.8) is 0 Å². The zero-order valence-electron chi connectivity index (χ0n) is 18.8. The lowest BCUT2D eigenvalue weighted by molar-refractivity contribution is -0.113. The number of methoxy groups -OCH3 is 1. The molecule has 176 valence electrons. The number of para-hydroxylation sites is 2. The van der Waals surface area contributed by atoms with E-state index in [9.17, 15) is 14.4 Å². The molecule has 4 rings (SSSR count). The number of anilines is 1. The van der Waals surface area contributed by atoms with Crippen molar-refractivity contribution in [2.75, 3.05) is 31.4 Å². The number of amides is 1. The second kappa shape index (κ2) is 10.5. The Morgan fingerprint density at radius 1 is 1.15 bits per heavy atom. The summed E-state index contributed by atoms with van der Waals surface area (Å²) in [4.78, 5) is 46.0. The fourth-order valence-corrected chi connectivity index (χ4v) is 4.38. The molecule has 0 unspecified atom stereocenters. The molecule has 10 heteroatoms. The molecule has 0 radical (unpaired) electrons. The average Bonchev–Trinajstić information content (AvgIpc) is 3.22. The number of fused-ring (bicyclic) bond motifs is 3. The topological polar surface area (TPSA) is 115 Å². The van der Waals surface area contributed by atoms with Crippen LogP contribution >= 0.6 is 11.8 Å². The zero-order valence-corrected chi connectivity index (χ0v) is 19.6. The average molecular weight is 481 g/mol. The first kappa shape index (κ1) is 23.5. The van der Waals surface area contributed by atoms with Gasteiger partial charge in [-0.2, -0.15) is 0 Å². The first-order valence-electron chi connectivity index (χ1n) is 10.7. The molecule has 0 saturated carbocycles. The largest absolute Gasteiger partial charge is 0.462 e. The maximum absolute atomic E-state index is 13.2. The number of aromatic amines is 1. The molecule has 0 aliphatic heterocycles. The number of nitrogens with one attached hydrogen (secondary N) is 2. The highest BCUT2D eigenvalue weighted by Gasteiger charge is 2.18. The summed E-state index contributed by atoms with van der Waals surface area (Å²) in [6, 6.07) is 14.2. The summed E-state index contributed by atoms with van der Waals surface area (Å²) < 4.78 is 11.7. The molecular formula is C24H24N4O5S. The maximum Gasteiger partial charge on any atom is 0.340 e. The van der Waals surface area contributed by atoms with E-state index in [1.54, 1.807) is 38.3 Å². The molecule has 0 atom stereocenters. The van der Waals surface area contributed by atoms with Crippen LogP contribution in [-0.2, 0) is 20.8 Å². The molecular weight excluding hydrogens is 456 g/mol. The van der Waals surface area contributed by atoms with E-state index in [4.69, 9.17) is 14.5 Å². The van der Waals surface area contributed by atoms with Crippen molar-refractivity contribution in [2.24, 2.45) is 0 Å². The first-order valence-corrected chi connectivity index (χ1v) is 11.7. The van der Waals surface area contributed by atoms with Crippen LogP contribution in [0.2, 0.25) is 0 Å². The van der Waals surface area contributed by atoms with Crippen molar-refractivity contribution in [3.05, 3.63) is 64.4 Å². The molecule has 0 saturated heterocycles. The third-order valence-electron chi connectivity index (χ3n) is 5.12. The zero-order chi connectivity index (χ0) is 24.1. The smallest absolute Gasteiger partial charge is 0.340 e. The van der Waals surface area contributed by atoms with Crippen molar-refractivity contribution in [1.82, 2.24) is 14.5 Å². The number of thioether (sulfide) groups is 1. The number of ether oxygens (including phenoxy) is 2. The Kier molecular flexibility index (Phi) is 7.29. The van der Waals surface area contributed by atoms with Crippen LogP contribution in [0.3, 0.4) is 0 Å². The minimum atomic E-state index is -0.508. The van der Waals surface area contributed by atoms with E-state index >= 15 is 0 Å². The molecule has 2 aromatic carbocycles. The van der Waals surface area contributed by atoms with Gasteiger partial charge in [0.05, 0.1) is 36.8 Å². The van der Waals surface area contributed by atoms with Crippen molar-refractivity contribution >= 4 is 51.3 Å². The summed E-state index contributed by atoms with van der Waals surface area (Å²) in [6.45, 7) is 2.57. The molecule has 0 bridgehead atoms. The third kappa shape index (κ3) is 4.82. The van der Waals surface area contributed by atoms with E-state index < -0.39 is 5.97 Å². The van der Waals surface area contributed by atoms with Gasteiger partial charge in [0.1, 0.15) is 11.0 Å². The Morgan fingerprint density at radius 3 is 2.71 bits per heavy atom. The Morgan fingerprint density at radius 2 is 1.91 bits per heavy atom. The lowest BCUT2D eigenvalue weighted by Crippen LogP contribution is -2.26. The monoisotopic (exact) mass is 480 g/mol. The number of aromatic nitrogens is 3. The van der Waals surface area contributed by atoms with E-state index in [0.29, 0.717) is 35.0 Å². The molecule has 4 aromatic rings. The molecule has 1 amide bonds. The van der Waals surface area contributed by atoms with E-state index in [1.807, 2.05) is 24.3 Å². The van der Waals surface area contributed by atoms with Gasteiger partial charge in [-0.05, 0) is 25.1 Å². The number of H-pyrrole nitrogens is 1. The molecule has 0 spiro atoms. The summed E-state index contributed by atoms with van der Waals surface area (Å²) in [5, 5.41) is 4.00. The van der Waals surface area contributed by atoms with E-state index in [-0.39, 0.29) is 29.4 Å². The molecule has 0 aliphatic carbocycles. The summed E-state index contributed by atoms with van der Waals surface area (Å²) in [6.07, 6.45) is 0. The first-order chi connectivity index (χ1) is 16.5. The number of hydrogen-bond donors (Lipinski definition) is 2. The molecule has 2 N–H and O–H groups in total. The Labute approximate surface area is 199 Å². The van der Waals surface area contributed by atoms with Crippen molar-refractivity contribution < 1.29 is 19.1 Å². The highest BCUT2D eigenvalue weighted by molar-refractivity contribution is 7.99. The fraction of sp³-hybridized carbons (Fsp3) is 0.250. The number of hydrogen-bond acceptors (Lipinski definition) is 7. The van der Waals surface area contributed by atoms with Crippen LogP contribution in [0.1, 0.15) is 17.3 Å². The molecule has 2 heterocycles. The summed E-state index contributed by atoms with van der Waals surface area (Å²) >= 11 is 1.14.